The molecule has 2 aromatic rings. The lowest BCUT2D eigenvalue weighted by Gasteiger charge is -2.16. The van der Waals surface area contributed by atoms with Crippen LogP contribution in [0, 0.1) is 5.92 Å². The Balaban J connectivity index is 1.46. The van der Waals surface area contributed by atoms with Gasteiger partial charge in [-0.05, 0) is 42.5 Å². The zero-order valence-corrected chi connectivity index (χ0v) is 13.1. The number of carbonyl (C=O) groups excluding carboxylic acids is 1. The van der Waals surface area contributed by atoms with Gasteiger partial charge in [0.2, 0.25) is 5.91 Å². The number of aromatic nitrogens is 3. The normalized spacial score (nSPS) is 20.8. The molecular formula is C17H22N4O2. The molecule has 6 heteroatoms. The minimum Gasteiger partial charge on any atom is -0.391 e. The Bertz CT molecular complexity index is 615. The SMILES string of the molecule is O=C(CCCc1cn[nH]c1)N1C[C@@H](Cc2ccncc2)[C@@H](O)C1. The first kappa shape index (κ1) is 15.7. The zero-order chi connectivity index (χ0) is 16.1. The van der Waals surface area contributed by atoms with Crippen molar-refractivity contribution in [3.8, 4) is 0 Å². The van der Waals surface area contributed by atoms with E-state index in [0.717, 1.165) is 30.4 Å². The van der Waals surface area contributed by atoms with E-state index < -0.39 is 6.10 Å². The van der Waals surface area contributed by atoms with Gasteiger partial charge in [0.15, 0.2) is 0 Å². The van der Waals surface area contributed by atoms with Gasteiger partial charge in [-0.25, -0.2) is 0 Å². The third kappa shape index (κ3) is 4.16. The molecule has 6 nitrogen and oxygen atoms in total. The molecule has 0 spiro atoms. The van der Waals surface area contributed by atoms with Gasteiger partial charge in [-0.2, -0.15) is 5.10 Å². The first-order valence-corrected chi connectivity index (χ1v) is 8.05. The summed E-state index contributed by atoms with van der Waals surface area (Å²) >= 11 is 0. The van der Waals surface area contributed by atoms with Gasteiger partial charge in [0.05, 0.1) is 12.3 Å². The number of pyridine rings is 1. The second kappa shape index (κ2) is 7.37. The van der Waals surface area contributed by atoms with Crippen LogP contribution < -0.4 is 0 Å². The number of rotatable bonds is 6. The van der Waals surface area contributed by atoms with Gasteiger partial charge in [0.25, 0.3) is 0 Å². The Labute approximate surface area is 135 Å². The van der Waals surface area contributed by atoms with E-state index in [1.165, 1.54) is 0 Å². The summed E-state index contributed by atoms with van der Waals surface area (Å²) in [6, 6.07) is 3.92. The van der Waals surface area contributed by atoms with Crippen molar-refractivity contribution in [1.82, 2.24) is 20.1 Å². The van der Waals surface area contributed by atoms with E-state index in [4.69, 9.17) is 0 Å². The molecule has 0 aromatic carbocycles. The van der Waals surface area contributed by atoms with Crippen LogP contribution in [0.2, 0.25) is 0 Å². The number of β-amino-alcohol motifs (C(OH)–C–C–N with tert-alkyl or cyclic N) is 1. The Morgan fingerprint density at radius 3 is 2.87 bits per heavy atom. The predicted molar refractivity (Wildman–Crippen MR) is 85.5 cm³/mol. The molecule has 1 aliphatic heterocycles. The fraction of sp³-hybridized carbons (Fsp3) is 0.471. The lowest BCUT2D eigenvalue weighted by atomic mass is 9.97. The highest BCUT2D eigenvalue weighted by molar-refractivity contribution is 5.76. The number of amides is 1. The number of carbonyl (C=O) groups is 1. The van der Waals surface area contributed by atoms with Crippen molar-refractivity contribution in [2.24, 2.45) is 5.92 Å². The van der Waals surface area contributed by atoms with Gasteiger partial charge in [-0.15, -0.1) is 0 Å². The standard InChI is InChI=1S/C17H22N4O2/c22-16-12-21(11-15(16)8-13-4-6-18-7-5-13)17(23)3-1-2-14-9-19-20-10-14/h4-7,9-10,15-16,22H,1-3,8,11-12H2,(H,19,20)/t15-,16+/m1/s1. The van der Waals surface area contributed by atoms with Crippen LogP contribution in [-0.2, 0) is 17.6 Å². The molecule has 2 N–H and O–H groups in total. The summed E-state index contributed by atoms with van der Waals surface area (Å²) in [6.45, 7) is 1.08. The summed E-state index contributed by atoms with van der Waals surface area (Å²) in [4.78, 5) is 18.1. The van der Waals surface area contributed by atoms with Gasteiger partial charge in [0.1, 0.15) is 0 Å². The molecule has 122 valence electrons. The molecule has 1 aliphatic rings. The average molecular weight is 314 g/mol. The van der Waals surface area contributed by atoms with Crippen molar-refractivity contribution in [3.05, 3.63) is 48.0 Å². The lowest BCUT2D eigenvalue weighted by molar-refractivity contribution is -0.130. The molecule has 0 unspecified atom stereocenters. The van der Waals surface area contributed by atoms with Crippen LogP contribution in [0.15, 0.2) is 36.9 Å². The fourth-order valence-corrected chi connectivity index (χ4v) is 3.10. The molecule has 3 heterocycles. The molecule has 1 fully saturated rings. The van der Waals surface area contributed by atoms with Crippen molar-refractivity contribution in [2.45, 2.75) is 31.8 Å². The van der Waals surface area contributed by atoms with Gasteiger partial charge < -0.3 is 10.0 Å². The van der Waals surface area contributed by atoms with E-state index in [1.54, 1.807) is 23.5 Å². The molecular weight excluding hydrogens is 292 g/mol. The monoisotopic (exact) mass is 314 g/mol. The van der Waals surface area contributed by atoms with Crippen LogP contribution in [0.4, 0.5) is 0 Å². The molecule has 3 rings (SSSR count). The Hall–Kier alpha value is -2.21. The van der Waals surface area contributed by atoms with Crippen LogP contribution in [0.3, 0.4) is 0 Å². The molecule has 23 heavy (non-hydrogen) atoms. The number of nitrogens with zero attached hydrogens (tertiary/aromatic N) is 3. The second-order valence-corrected chi connectivity index (χ2v) is 6.15. The highest BCUT2D eigenvalue weighted by Gasteiger charge is 2.33. The summed E-state index contributed by atoms with van der Waals surface area (Å²) in [5.74, 6) is 0.236. The first-order valence-electron chi connectivity index (χ1n) is 8.05. The topological polar surface area (TPSA) is 82.1 Å². The number of aryl methyl sites for hydroxylation is 1. The maximum absolute atomic E-state index is 12.3. The minimum atomic E-state index is -0.444. The van der Waals surface area contributed by atoms with Crippen LogP contribution in [0.5, 0.6) is 0 Å². The molecule has 2 aromatic heterocycles. The Kier molecular flexibility index (Phi) is 5.02. The van der Waals surface area contributed by atoms with Gasteiger partial charge in [0, 0.05) is 44.0 Å². The van der Waals surface area contributed by atoms with E-state index in [-0.39, 0.29) is 11.8 Å². The van der Waals surface area contributed by atoms with E-state index in [9.17, 15) is 9.90 Å². The minimum absolute atomic E-state index is 0.107. The molecule has 0 radical (unpaired) electrons. The van der Waals surface area contributed by atoms with E-state index >= 15 is 0 Å². The summed E-state index contributed by atoms with van der Waals surface area (Å²) in [6.07, 6.45) is 9.66. The highest BCUT2D eigenvalue weighted by Crippen LogP contribution is 2.22. The van der Waals surface area contributed by atoms with Crippen molar-refractivity contribution in [3.63, 3.8) is 0 Å². The molecule has 0 saturated carbocycles. The van der Waals surface area contributed by atoms with Crippen molar-refractivity contribution >= 4 is 5.91 Å². The van der Waals surface area contributed by atoms with Gasteiger partial charge in [-0.1, -0.05) is 0 Å². The summed E-state index contributed by atoms with van der Waals surface area (Å²) in [5.41, 5.74) is 2.27. The fourth-order valence-electron chi connectivity index (χ4n) is 3.10. The number of likely N-dealkylation sites (tertiary alicyclic amines) is 1. The number of hydrogen-bond donors (Lipinski definition) is 2. The predicted octanol–water partition coefficient (Wildman–Crippen LogP) is 1.19. The van der Waals surface area contributed by atoms with E-state index in [2.05, 4.69) is 15.2 Å². The summed E-state index contributed by atoms with van der Waals surface area (Å²) < 4.78 is 0. The summed E-state index contributed by atoms with van der Waals surface area (Å²) in [7, 11) is 0. The molecule has 2 atom stereocenters. The average Bonchev–Trinajstić information content (AvgIpc) is 3.19. The van der Waals surface area contributed by atoms with Crippen LogP contribution in [-0.4, -0.2) is 50.3 Å². The smallest absolute Gasteiger partial charge is 0.222 e. The molecule has 1 saturated heterocycles. The number of aliphatic hydroxyl groups excluding tert-OH is 1. The molecule has 0 bridgehead atoms. The van der Waals surface area contributed by atoms with Crippen LogP contribution in [0.25, 0.3) is 0 Å². The maximum Gasteiger partial charge on any atom is 0.222 e. The van der Waals surface area contributed by atoms with Crippen molar-refractivity contribution in [2.75, 3.05) is 13.1 Å². The number of aromatic amines is 1. The third-order valence-electron chi connectivity index (χ3n) is 4.42. The van der Waals surface area contributed by atoms with Crippen molar-refractivity contribution in [1.29, 1.82) is 0 Å². The molecule has 1 amide bonds. The largest absolute Gasteiger partial charge is 0.391 e. The Morgan fingerprint density at radius 2 is 2.13 bits per heavy atom. The number of H-pyrrole nitrogens is 1. The highest BCUT2D eigenvalue weighted by atomic mass is 16.3. The summed E-state index contributed by atoms with van der Waals surface area (Å²) in [5, 5.41) is 16.9. The second-order valence-electron chi connectivity index (χ2n) is 6.15. The number of hydrogen-bond acceptors (Lipinski definition) is 4. The zero-order valence-electron chi connectivity index (χ0n) is 13.1. The number of aliphatic hydroxyl groups is 1. The lowest BCUT2D eigenvalue weighted by Crippen LogP contribution is -2.29. The Morgan fingerprint density at radius 1 is 1.30 bits per heavy atom. The van der Waals surface area contributed by atoms with Crippen LogP contribution in [0.1, 0.15) is 24.0 Å². The van der Waals surface area contributed by atoms with Crippen molar-refractivity contribution < 1.29 is 9.90 Å². The molecule has 0 aliphatic carbocycles. The van der Waals surface area contributed by atoms with E-state index in [1.807, 2.05) is 18.3 Å². The quantitative estimate of drug-likeness (QED) is 0.839. The van der Waals surface area contributed by atoms with Crippen LogP contribution >= 0.6 is 0 Å². The van der Waals surface area contributed by atoms with Gasteiger partial charge in [-0.3, -0.25) is 14.9 Å². The first-order chi connectivity index (χ1) is 11.2. The van der Waals surface area contributed by atoms with E-state index in [0.29, 0.717) is 19.5 Å². The van der Waals surface area contributed by atoms with Gasteiger partial charge >= 0.3 is 0 Å². The maximum atomic E-state index is 12.3. The third-order valence-corrected chi connectivity index (χ3v) is 4.42. The number of nitrogens with one attached hydrogen (secondary N) is 1.